The van der Waals surface area contributed by atoms with E-state index in [2.05, 4.69) is 27.9 Å². The normalized spacial score (nSPS) is 13.7. The summed E-state index contributed by atoms with van der Waals surface area (Å²) in [5.74, 6) is 0. The van der Waals surface area contributed by atoms with E-state index >= 15 is 0 Å². The van der Waals surface area contributed by atoms with Crippen molar-refractivity contribution in [2.24, 2.45) is 0 Å². The molecule has 1 N–H and O–H groups in total. The molecule has 0 heterocycles. The lowest BCUT2D eigenvalue weighted by Gasteiger charge is -2.17. The first-order chi connectivity index (χ1) is 6.88. The second-order valence-electron chi connectivity index (χ2n) is 3.34. The van der Waals surface area contributed by atoms with E-state index in [9.17, 15) is 13.2 Å². The summed E-state index contributed by atoms with van der Waals surface area (Å²) in [4.78, 5) is 0. The van der Waals surface area contributed by atoms with Gasteiger partial charge in [0, 0.05) is 15.3 Å². The highest BCUT2D eigenvalue weighted by molar-refractivity contribution is 14.1. The first-order valence-electron chi connectivity index (χ1n) is 4.46. The molecule has 0 aliphatic heterocycles. The van der Waals surface area contributed by atoms with Crippen LogP contribution >= 0.6 is 22.6 Å². The highest BCUT2D eigenvalue weighted by Gasteiger charge is 2.29. The maximum Gasteiger partial charge on any atom is 0.391 e. The highest BCUT2D eigenvalue weighted by Crippen LogP contribution is 2.24. The number of hydrogen-bond donors (Lipinski definition) is 1. The second kappa shape index (κ2) is 5.05. The average Bonchev–Trinajstić information content (AvgIpc) is 2.05. The fourth-order valence-electron chi connectivity index (χ4n) is 1.24. The molecule has 1 nitrogen and oxygen atoms in total. The molecule has 1 aromatic rings. The van der Waals surface area contributed by atoms with Crippen molar-refractivity contribution in [2.75, 3.05) is 5.32 Å². The van der Waals surface area contributed by atoms with Crippen LogP contribution in [0.3, 0.4) is 0 Å². The van der Waals surface area contributed by atoms with Gasteiger partial charge < -0.3 is 5.32 Å². The van der Waals surface area contributed by atoms with Crippen molar-refractivity contribution in [3.63, 3.8) is 0 Å². The van der Waals surface area contributed by atoms with Gasteiger partial charge in [0.25, 0.3) is 0 Å². The molecular formula is C10H11F3IN. The molecule has 0 fully saturated rings. The molecule has 15 heavy (non-hydrogen) atoms. The number of anilines is 1. The molecule has 0 aromatic heterocycles. The molecule has 0 saturated carbocycles. The highest BCUT2D eigenvalue weighted by atomic mass is 127. The Balaban J connectivity index is 2.59. The van der Waals surface area contributed by atoms with Crippen LogP contribution in [0.4, 0.5) is 18.9 Å². The minimum Gasteiger partial charge on any atom is -0.381 e. The van der Waals surface area contributed by atoms with E-state index in [-0.39, 0.29) is 0 Å². The van der Waals surface area contributed by atoms with Gasteiger partial charge in [0.1, 0.15) is 0 Å². The number of para-hydroxylation sites is 1. The minimum absolute atomic E-state index is 0.610. The van der Waals surface area contributed by atoms with Gasteiger partial charge in [0.2, 0.25) is 0 Å². The fourth-order valence-corrected chi connectivity index (χ4v) is 1.79. The standard InChI is InChI=1S/C10H11F3IN/c1-7(6-10(11,12)13)15-9-5-3-2-4-8(9)14/h2-5,7,15H,6H2,1H3. The van der Waals surface area contributed by atoms with Crippen molar-refractivity contribution in [3.05, 3.63) is 27.8 Å². The molecule has 1 unspecified atom stereocenters. The van der Waals surface area contributed by atoms with Crippen molar-refractivity contribution in [2.45, 2.75) is 25.6 Å². The quantitative estimate of drug-likeness (QED) is 0.825. The van der Waals surface area contributed by atoms with Crippen LogP contribution in [0.1, 0.15) is 13.3 Å². The fraction of sp³-hybridized carbons (Fsp3) is 0.400. The van der Waals surface area contributed by atoms with Gasteiger partial charge in [-0.05, 0) is 41.6 Å². The van der Waals surface area contributed by atoms with Crippen LogP contribution in [0.25, 0.3) is 0 Å². The zero-order valence-electron chi connectivity index (χ0n) is 8.11. The molecule has 1 atom stereocenters. The van der Waals surface area contributed by atoms with E-state index in [1.165, 1.54) is 6.92 Å². The predicted octanol–water partition coefficient (Wildman–Crippen LogP) is 4.04. The molecule has 5 heteroatoms. The summed E-state index contributed by atoms with van der Waals surface area (Å²) >= 11 is 2.09. The van der Waals surface area contributed by atoms with Gasteiger partial charge >= 0.3 is 6.18 Å². The lowest BCUT2D eigenvalue weighted by molar-refractivity contribution is -0.136. The minimum atomic E-state index is -4.12. The predicted molar refractivity (Wildman–Crippen MR) is 62.9 cm³/mol. The van der Waals surface area contributed by atoms with Crippen LogP contribution in [0.2, 0.25) is 0 Å². The number of alkyl halides is 3. The molecule has 0 bridgehead atoms. The molecule has 0 amide bonds. The van der Waals surface area contributed by atoms with E-state index in [4.69, 9.17) is 0 Å². The largest absolute Gasteiger partial charge is 0.391 e. The molecule has 1 rings (SSSR count). The molecule has 0 aliphatic rings. The van der Waals surface area contributed by atoms with E-state index in [0.29, 0.717) is 0 Å². The van der Waals surface area contributed by atoms with Gasteiger partial charge in [-0.15, -0.1) is 0 Å². The summed E-state index contributed by atoms with van der Waals surface area (Å²) < 4.78 is 37.1. The molecule has 0 aliphatic carbocycles. The number of nitrogens with one attached hydrogen (secondary N) is 1. The van der Waals surface area contributed by atoms with Crippen molar-refractivity contribution < 1.29 is 13.2 Å². The topological polar surface area (TPSA) is 12.0 Å². The Morgan fingerprint density at radius 1 is 1.33 bits per heavy atom. The van der Waals surface area contributed by atoms with Gasteiger partial charge in [0.15, 0.2) is 0 Å². The first kappa shape index (κ1) is 12.6. The first-order valence-corrected chi connectivity index (χ1v) is 5.54. The van der Waals surface area contributed by atoms with Crippen LogP contribution in [-0.2, 0) is 0 Å². The maximum absolute atomic E-state index is 12.1. The second-order valence-corrected chi connectivity index (χ2v) is 4.51. The molecule has 0 radical (unpaired) electrons. The van der Waals surface area contributed by atoms with Crippen LogP contribution in [0, 0.1) is 3.57 Å². The van der Waals surface area contributed by atoms with Crippen LogP contribution in [0.5, 0.6) is 0 Å². The van der Waals surface area contributed by atoms with E-state index < -0.39 is 18.6 Å². The number of rotatable bonds is 3. The Labute approximate surface area is 100 Å². The van der Waals surface area contributed by atoms with Gasteiger partial charge in [0.05, 0.1) is 6.42 Å². The summed E-state index contributed by atoms with van der Waals surface area (Å²) in [6, 6.07) is 6.66. The Morgan fingerprint density at radius 3 is 2.47 bits per heavy atom. The number of halogens is 4. The summed E-state index contributed by atoms with van der Waals surface area (Å²) in [6.07, 6.45) is -4.94. The molecule has 0 saturated heterocycles. The lowest BCUT2D eigenvalue weighted by atomic mass is 10.2. The number of benzene rings is 1. The zero-order valence-corrected chi connectivity index (χ0v) is 10.3. The van der Waals surface area contributed by atoms with Crippen LogP contribution < -0.4 is 5.32 Å². The van der Waals surface area contributed by atoms with E-state index in [0.717, 1.165) is 9.26 Å². The zero-order chi connectivity index (χ0) is 11.5. The lowest BCUT2D eigenvalue weighted by Crippen LogP contribution is -2.24. The average molecular weight is 329 g/mol. The van der Waals surface area contributed by atoms with Crippen molar-refractivity contribution in [3.8, 4) is 0 Å². The van der Waals surface area contributed by atoms with E-state index in [1.807, 2.05) is 12.1 Å². The Kier molecular flexibility index (Phi) is 4.24. The van der Waals surface area contributed by atoms with Crippen molar-refractivity contribution in [1.82, 2.24) is 0 Å². The van der Waals surface area contributed by atoms with Gasteiger partial charge in [-0.1, -0.05) is 12.1 Å². The smallest absolute Gasteiger partial charge is 0.381 e. The van der Waals surface area contributed by atoms with E-state index in [1.54, 1.807) is 12.1 Å². The van der Waals surface area contributed by atoms with Crippen LogP contribution in [0.15, 0.2) is 24.3 Å². The maximum atomic E-state index is 12.1. The number of hydrogen-bond acceptors (Lipinski definition) is 1. The van der Waals surface area contributed by atoms with Gasteiger partial charge in [-0.25, -0.2) is 0 Å². The SMILES string of the molecule is CC(CC(F)(F)F)Nc1ccccc1I. The molecule has 1 aromatic carbocycles. The Bertz CT molecular complexity index is 325. The molecule has 84 valence electrons. The Hall–Kier alpha value is -0.460. The third kappa shape index (κ3) is 4.72. The third-order valence-corrected chi connectivity index (χ3v) is 2.75. The summed E-state index contributed by atoms with van der Waals surface area (Å²) in [5.41, 5.74) is 0.745. The van der Waals surface area contributed by atoms with Crippen molar-refractivity contribution in [1.29, 1.82) is 0 Å². The van der Waals surface area contributed by atoms with Gasteiger partial charge in [-0.2, -0.15) is 13.2 Å². The molecular weight excluding hydrogens is 318 g/mol. The Morgan fingerprint density at radius 2 is 1.93 bits per heavy atom. The summed E-state index contributed by atoms with van der Waals surface area (Å²) in [7, 11) is 0. The van der Waals surface area contributed by atoms with Crippen molar-refractivity contribution >= 4 is 28.3 Å². The third-order valence-electron chi connectivity index (χ3n) is 1.81. The monoisotopic (exact) mass is 329 g/mol. The summed E-state index contributed by atoms with van der Waals surface area (Å²) in [6.45, 7) is 1.52. The summed E-state index contributed by atoms with van der Waals surface area (Å²) in [5, 5.41) is 2.84. The van der Waals surface area contributed by atoms with Gasteiger partial charge in [-0.3, -0.25) is 0 Å². The van der Waals surface area contributed by atoms with Crippen LogP contribution in [-0.4, -0.2) is 12.2 Å². The molecule has 0 spiro atoms.